The summed E-state index contributed by atoms with van der Waals surface area (Å²) in [5.74, 6) is -0.233. The third-order valence-corrected chi connectivity index (χ3v) is 15.3. The molecule has 2 aliphatic heterocycles. The largest absolute Gasteiger partial charge is 0.497 e. The van der Waals surface area contributed by atoms with E-state index >= 15 is 8.78 Å². The molecule has 0 saturated carbocycles. The highest BCUT2D eigenvalue weighted by molar-refractivity contribution is 6.53. The Balaban J connectivity index is 0.000000214. The number of nitrogens with one attached hydrogen (secondary N) is 2. The summed E-state index contributed by atoms with van der Waals surface area (Å²) in [6.45, 7) is 8.11. The highest BCUT2D eigenvalue weighted by Gasteiger charge is 2.35. The lowest BCUT2D eigenvalue weighted by Gasteiger charge is -2.23. The van der Waals surface area contributed by atoms with Gasteiger partial charge in [0.15, 0.2) is 4.84 Å². The molecule has 0 bridgehead atoms. The van der Waals surface area contributed by atoms with Gasteiger partial charge in [0.05, 0.1) is 88.6 Å². The quantitative estimate of drug-likeness (QED) is 0.0311. The number of ether oxygens (including phenoxy) is 4. The Bertz CT molecular complexity index is 3740. The second kappa shape index (κ2) is 30.5. The summed E-state index contributed by atoms with van der Waals surface area (Å²) >= 11 is 11.0. The maximum Gasteiger partial charge on any atom is 0.414 e. The fourth-order valence-electron chi connectivity index (χ4n) is 9.99. The van der Waals surface area contributed by atoms with Crippen molar-refractivity contribution in [3.8, 4) is 33.8 Å². The van der Waals surface area contributed by atoms with Gasteiger partial charge in [-0.1, -0.05) is 106 Å². The van der Waals surface area contributed by atoms with Crippen molar-refractivity contribution >= 4 is 72.7 Å². The van der Waals surface area contributed by atoms with E-state index in [4.69, 9.17) is 42.1 Å². The number of amides is 4. The molecular formula is C62H66B2Cl2F2N12O10. The second-order valence-corrected chi connectivity index (χ2v) is 22.6. The van der Waals surface area contributed by atoms with E-state index in [9.17, 15) is 29.2 Å². The summed E-state index contributed by atoms with van der Waals surface area (Å²) in [5.41, 5.74) is 8.31. The molecular weight excluding hydrogens is 1200 g/mol. The molecule has 2 saturated heterocycles. The van der Waals surface area contributed by atoms with Crippen LogP contribution in [0.4, 0.5) is 29.7 Å². The molecule has 10 rings (SSSR count). The fourth-order valence-corrected chi connectivity index (χ4v) is 10.1. The Labute approximate surface area is 529 Å². The summed E-state index contributed by atoms with van der Waals surface area (Å²) in [5, 5.41) is 42.9. The number of hydrogen-bond donors (Lipinski definition) is 4. The first-order chi connectivity index (χ1) is 43.3. The first-order valence-electron chi connectivity index (χ1n) is 28.7. The minimum absolute atomic E-state index is 0.0289. The number of cyclic esters (lactones) is 2. The van der Waals surface area contributed by atoms with Crippen LogP contribution in [0.1, 0.15) is 40.6 Å². The summed E-state index contributed by atoms with van der Waals surface area (Å²) in [4.78, 5) is 52.6. The number of carbonyl (C=O) groups excluding carboxylic acids is 4. The molecule has 0 radical (unpaired) electrons. The first-order valence-corrected chi connectivity index (χ1v) is 29.6. The predicted octanol–water partition coefficient (Wildman–Crippen LogP) is 8.21. The zero-order chi connectivity index (χ0) is 64.0. The molecule has 2 fully saturated rings. The van der Waals surface area contributed by atoms with Crippen molar-refractivity contribution in [1.82, 2.24) is 50.2 Å². The molecule has 6 aromatic carbocycles. The average molecular weight is 1270 g/mol. The molecule has 2 atom stereocenters. The van der Waals surface area contributed by atoms with E-state index in [2.05, 4.69) is 31.3 Å². The fraction of sp³-hybridized carbons (Fsp3) is 0.290. The number of alkyl halides is 2. The summed E-state index contributed by atoms with van der Waals surface area (Å²) < 4.78 is 55.0. The van der Waals surface area contributed by atoms with Gasteiger partial charge in [-0.3, -0.25) is 19.4 Å². The Hall–Kier alpha value is -8.91. The summed E-state index contributed by atoms with van der Waals surface area (Å²) in [7, 11) is 1.77. The lowest BCUT2D eigenvalue weighted by atomic mass is 9.84. The van der Waals surface area contributed by atoms with Crippen LogP contribution < -0.4 is 29.9 Å². The number of benzene rings is 6. The summed E-state index contributed by atoms with van der Waals surface area (Å²) in [6.07, 6.45) is 1.18. The summed E-state index contributed by atoms with van der Waals surface area (Å²) in [6, 6.07) is 39.4. The van der Waals surface area contributed by atoms with Crippen LogP contribution in [0.2, 0.25) is 13.6 Å². The minimum atomic E-state index is -1.23. The van der Waals surface area contributed by atoms with Gasteiger partial charge in [-0.25, -0.2) is 27.7 Å². The van der Waals surface area contributed by atoms with E-state index in [1.54, 1.807) is 67.7 Å². The van der Waals surface area contributed by atoms with E-state index in [0.29, 0.717) is 78.6 Å². The number of nitrogens with zero attached hydrogens (tertiary/aromatic N) is 10. The molecule has 22 nitrogen and oxygen atoms in total. The van der Waals surface area contributed by atoms with Gasteiger partial charge in [0.2, 0.25) is 5.91 Å². The Morgan fingerprint density at radius 1 is 0.656 bits per heavy atom. The van der Waals surface area contributed by atoms with Crippen LogP contribution in [0.15, 0.2) is 146 Å². The van der Waals surface area contributed by atoms with Crippen molar-refractivity contribution in [2.45, 2.75) is 76.9 Å². The van der Waals surface area contributed by atoms with Crippen molar-refractivity contribution in [3.63, 3.8) is 0 Å². The minimum Gasteiger partial charge on any atom is -0.497 e. The number of carbonyl (C=O) groups is 4. The van der Waals surface area contributed by atoms with E-state index < -0.39 is 60.9 Å². The zero-order valence-corrected chi connectivity index (χ0v) is 51.5. The molecule has 4 N–H and O–H groups in total. The average Bonchev–Trinajstić information content (AvgIpc) is 3.42. The number of anilines is 2. The smallest absolute Gasteiger partial charge is 0.414 e. The molecule has 468 valence electrons. The van der Waals surface area contributed by atoms with Gasteiger partial charge >= 0.3 is 26.3 Å². The zero-order valence-electron chi connectivity index (χ0n) is 50.0. The predicted molar refractivity (Wildman–Crippen MR) is 336 cm³/mol. The Morgan fingerprint density at radius 2 is 1.12 bits per heavy atom. The highest BCUT2D eigenvalue weighted by atomic mass is 35.5. The molecule has 2 aromatic heterocycles. The van der Waals surface area contributed by atoms with Crippen LogP contribution in [0.25, 0.3) is 22.3 Å². The lowest BCUT2D eigenvalue weighted by Crippen LogP contribution is -2.37. The van der Waals surface area contributed by atoms with Crippen molar-refractivity contribution in [3.05, 3.63) is 191 Å². The third-order valence-electron chi connectivity index (χ3n) is 14.9. The van der Waals surface area contributed by atoms with Crippen molar-refractivity contribution < 1.29 is 57.0 Å². The normalized spacial score (nSPS) is 14.6. The SMILES string of the molecule is COc1ccc(Cn2cc(CN(Cc3ccc(-c4ccc(N5C[C@H](CNC(=O)C(Cl)Cl)OC5=O)cc4F)cc3)B(C)O)nn2)cc1.COc1ccc(Cn2nncc2CN(Cc2ccc(-c3ccc(N4C[C@H](CNC(C)=O)OC4=O)cc3F)cc2)B(C)O)cc1. The van der Waals surface area contributed by atoms with Crippen molar-refractivity contribution in [2.75, 3.05) is 50.2 Å². The van der Waals surface area contributed by atoms with Crippen LogP contribution in [0.3, 0.4) is 0 Å². The van der Waals surface area contributed by atoms with Gasteiger partial charge in [0, 0.05) is 44.2 Å². The third kappa shape index (κ3) is 17.5. The van der Waals surface area contributed by atoms with E-state index in [1.807, 2.05) is 113 Å². The maximum absolute atomic E-state index is 15.3. The Kier molecular flexibility index (Phi) is 22.2. The van der Waals surface area contributed by atoms with Gasteiger partial charge in [-0.15, -0.1) is 10.2 Å². The highest BCUT2D eigenvalue weighted by Crippen LogP contribution is 2.32. The first kappa shape index (κ1) is 65.5. The van der Waals surface area contributed by atoms with E-state index in [1.165, 1.54) is 28.9 Å². The maximum atomic E-state index is 15.3. The topological polar surface area (TPSA) is 244 Å². The van der Waals surface area contributed by atoms with Gasteiger partial charge in [0.1, 0.15) is 35.3 Å². The van der Waals surface area contributed by atoms with Crippen LogP contribution in [-0.4, -0.2) is 145 Å². The van der Waals surface area contributed by atoms with Crippen molar-refractivity contribution in [2.24, 2.45) is 0 Å². The number of rotatable bonds is 25. The Morgan fingerprint density at radius 3 is 1.58 bits per heavy atom. The van der Waals surface area contributed by atoms with Crippen LogP contribution in [0.5, 0.6) is 11.5 Å². The number of aromatic nitrogens is 6. The molecule has 0 aliphatic carbocycles. The van der Waals surface area contributed by atoms with Gasteiger partial charge in [-0.2, -0.15) is 0 Å². The van der Waals surface area contributed by atoms with Gasteiger partial charge in [0.25, 0.3) is 5.91 Å². The molecule has 2 aliphatic rings. The molecule has 90 heavy (non-hydrogen) atoms. The molecule has 4 heterocycles. The standard InChI is InChI=1S/C31H32BCl2FN6O5.C31H34BFN6O5/c1-32(44)39(17-23-18-40(38-37-23)16-21-5-10-25(45-2)11-6-21)15-20-3-7-22(8-4-20)27-12-9-24(13-28(27)35)41-19-26(46-31(41)43)14-36-30(42)29(33)34;1-21(40)34-16-28-20-38(31(41)44-28)25-10-13-29(30(33)14-25)24-8-4-22(5-9-24)17-37(32(2)42)19-26-15-35-36-39(26)18-23-6-11-27(43-3)12-7-23/h3-13,18,26,29,44H,14-17,19H2,1-2H3,(H,36,42);4-15,28,42H,16-20H2,1-3H3,(H,34,40)/t26-;28-/m00/s1. The molecule has 0 unspecified atom stereocenters. The molecule has 0 spiro atoms. The van der Waals surface area contributed by atoms with Crippen LogP contribution in [0, 0.1) is 11.6 Å². The number of halogens is 4. The monoisotopic (exact) mass is 1270 g/mol. The molecule has 4 amide bonds. The van der Waals surface area contributed by atoms with Gasteiger partial charge in [-0.05, 0) is 108 Å². The second-order valence-electron chi connectivity index (χ2n) is 21.5. The van der Waals surface area contributed by atoms with E-state index in [0.717, 1.165) is 39.4 Å². The molecule has 28 heteroatoms. The lowest BCUT2D eigenvalue weighted by molar-refractivity contribution is -0.120. The van der Waals surface area contributed by atoms with Crippen molar-refractivity contribution in [1.29, 1.82) is 0 Å². The van der Waals surface area contributed by atoms with Crippen LogP contribution >= 0.6 is 23.2 Å². The van der Waals surface area contributed by atoms with E-state index in [-0.39, 0.29) is 32.1 Å². The number of hydrogen-bond acceptors (Lipinski definition) is 16. The van der Waals surface area contributed by atoms with Gasteiger partial charge < -0.3 is 49.3 Å². The molecule has 8 aromatic rings. The van der Waals surface area contributed by atoms with Crippen LogP contribution in [-0.2, 0) is 58.3 Å². The number of methoxy groups -OCH3 is 2.